The average molecular weight is 357 g/mol. The van der Waals surface area contributed by atoms with Gasteiger partial charge in [0.2, 0.25) is 0 Å². The lowest BCUT2D eigenvalue weighted by molar-refractivity contribution is -0.158. The Morgan fingerprint density at radius 3 is 2.81 bits per heavy atom. The number of H-pyrrole nitrogens is 1. The van der Waals surface area contributed by atoms with Gasteiger partial charge in [0.25, 0.3) is 5.91 Å². The number of rotatable bonds is 5. The van der Waals surface area contributed by atoms with Crippen LogP contribution in [0.1, 0.15) is 44.9 Å². The minimum absolute atomic E-state index is 0.0332. The van der Waals surface area contributed by atoms with E-state index in [-0.39, 0.29) is 17.9 Å². The fourth-order valence-electron chi connectivity index (χ4n) is 3.80. The number of piperidine rings is 1. The van der Waals surface area contributed by atoms with E-state index in [1.807, 2.05) is 11.8 Å². The number of hydrogen-bond acceptors (Lipinski definition) is 3. The molecule has 0 spiro atoms. The predicted octanol–water partition coefficient (Wildman–Crippen LogP) is 2.97. The van der Waals surface area contributed by atoms with Crippen LogP contribution in [-0.4, -0.2) is 46.1 Å². The van der Waals surface area contributed by atoms with Crippen LogP contribution in [0, 0.1) is 12.3 Å². The van der Waals surface area contributed by atoms with Crippen LogP contribution in [0.4, 0.5) is 0 Å². The molecule has 1 aliphatic heterocycles. The highest BCUT2D eigenvalue weighted by molar-refractivity contribution is 5.86. The van der Waals surface area contributed by atoms with Crippen molar-refractivity contribution in [1.82, 2.24) is 15.2 Å². The van der Waals surface area contributed by atoms with E-state index in [0.717, 1.165) is 29.7 Å². The SMILES string of the molecule is Cc1cc2cc(CNC[C@@]3(O)CCCN(CC(C)(C)C)C3=O)ccc2[nH]1. The second kappa shape index (κ2) is 7.05. The fraction of sp³-hybridized carbons (Fsp3) is 0.571. The van der Waals surface area contributed by atoms with E-state index in [0.29, 0.717) is 19.5 Å². The normalized spacial score (nSPS) is 21.6. The Morgan fingerprint density at radius 2 is 2.08 bits per heavy atom. The molecule has 1 atom stereocenters. The van der Waals surface area contributed by atoms with E-state index < -0.39 is 5.60 Å². The van der Waals surface area contributed by atoms with Crippen LogP contribution < -0.4 is 5.32 Å². The first-order valence-corrected chi connectivity index (χ1v) is 9.47. The molecular formula is C21H31N3O2. The van der Waals surface area contributed by atoms with Gasteiger partial charge in [-0.15, -0.1) is 0 Å². The highest BCUT2D eigenvalue weighted by atomic mass is 16.3. The van der Waals surface area contributed by atoms with Crippen molar-refractivity contribution >= 4 is 16.8 Å². The number of nitrogens with one attached hydrogen (secondary N) is 2. The summed E-state index contributed by atoms with van der Waals surface area (Å²) in [6, 6.07) is 8.42. The molecule has 1 aromatic carbocycles. The first-order valence-electron chi connectivity index (χ1n) is 9.47. The van der Waals surface area contributed by atoms with Gasteiger partial charge in [0.05, 0.1) is 0 Å². The number of carbonyl (C=O) groups is 1. The number of aryl methyl sites for hydroxylation is 1. The lowest BCUT2D eigenvalue weighted by Crippen LogP contribution is -2.59. The maximum absolute atomic E-state index is 12.8. The van der Waals surface area contributed by atoms with Gasteiger partial charge in [0.15, 0.2) is 5.60 Å². The lowest BCUT2D eigenvalue weighted by Gasteiger charge is -2.41. The molecule has 0 bridgehead atoms. The minimum atomic E-state index is -1.29. The number of fused-ring (bicyclic) bond motifs is 1. The summed E-state index contributed by atoms with van der Waals surface area (Å²) in [5, 5.41) is 15.4. The number of likely N-dealkylation sites (tertiary alicyclic amines) is 1. The van der Waals surface area contributed by atoms with Crippen LogP contribution in [-0.2, 0) is 11.3 Å². The number of aromatic nitrogens is 1. The van der Waals surface area contributed by atoms with E-state index in [9.17, 15) is 9.90 Å². The maximum atomic E-state index is 12.8. The van der Waals surface area contributed by atoms with Gasteiger partial charge < -0.3 is 20.3 Å². The molecule has 1 aromatic heterocycles. The molecule has 3 rings (SSSR count). The van der Waals surface area contributed by atoms with Crippen LogP contribution >= 0.6 is 0 Å². The van der Waals surface area contributed by atoms with Crippen LogP contribution in [0.15, 0.2) is 24.3 Å². The Morgan fingerprint density at radius 1 is 1.31 bits per heavy atom. The molecule has 0 aliphatic carbocycles. The Labute approximate surface area is 155 Å². The van der Waals surface area contributed by atoms with E-state index in [1.54, 1.807) is 0 Å². The summed E-state index contributed by atoms with van der Waals surface area (Å²) in [7, 11) is 0. The van der Waals surface area contributed by atoms with Crippen molar-refractivity contribution in [1.29, 1.82) is 0 Å². The third kappa shape index (κ3) is 4.27. The van der Waals surface area contributed by atoms with Crippen LogP contribution in [0.3, 0.4) is 0 Å². The van der Waals surface area contributed by atoms with Crippen LogP contribution in [0.5, 0.6) is 0 Å². The highest BCUT2D eigenvalue weighted by Gasteiger charge is 2.42. The summed E-state index contributed by atoms with van der Waals surface area (Å²) < 4.78 is 0. The first-order chi connectivity index (χ1) is 12.2. The van der Waals surface area contributed by atoms with Crippen LogP contribution in [0.2, 0.25) is 0 Å². The molecule has 1 aliphatic rings. The van der Waals surface area contributed by atoms with Gasteiger partial charge in [-0.1, -0.05) is 26.8 Å². The first kappa shape index (κ1) is 18.9. The number of hydrogen-bond donors (Lipinski definition) is 3. The summed E-state index contributed by atoms with van der Waals surface area (Å²) in [6.45, 7) is 10.7. The number of amides is 1. The van der Waals surface area contributed by atoms with E-state index in [1.165, 1.54) is 5.39 Å². The molecule has 2 heterocycles. The molecule has 1 fully saturated rings. The van der Waals surface area contributed by atoms with Gasteiger partial charge in [-0.05, 0) is 54.3 Å². The lowest BCUT2D eigenvalue weighted by atomic mass is 9.88. The number of carbonyl (C=O) groups excluding carboxylic acids is 1. The summed E-state index contributed by atoms with van der Waals surface area (Å²) in [5.41, 5.74) is 2.16. The van der Waals surface area contributed by atoms with Crippen LogP contribution in [0.25, 0.3) is 10.9 Å². The van der Waals surface area contributed by atoms with E-state index in [4.69, 9.17) is 0 Å². The van der Waals surface area contributed by atoms with Crippen molar-refractivity contribution in [3.8, 4) is 0 Å². The zero-order valence-corrected chi connectivity index (χ0v) is 16.4. The van der Waals surface area contributed by atoms with E-state index in [2.05, 4.69) is 55.3 Å². The Bertz CT molecular complexity index is 790. The topological polar surface area (TPSA) is 68.4 Å². The molecule has 0 saturated carbocycles. The molecule has 3 N–H and O–H groups in total. The second-order valence-corrected chi connectivity index (χ2v) is 8.90. The van der Waals surface area contributed by atoms with Crippen molar-refractivity contribution < 1.29 is 9.90 Å². The average Bonchev–Trinajstić information content (AvgIpc) is 2.90. The molecule has 26 heavy (non-hydrogen) atoms. The van der Waals surface area contributed by atoms with E-state index >= 15 is 0 Å². The minimum Gasteiger partial charge on any atom is -0.379 e. The number of aromatic amines is 1. The zero-order chi connectivity index (χ0) is 18.9. The summed E-state index contributed by atoms with van der Waals surface area (Å²) >= 11 is 0. The molecule has 2 aromatic rings. The van der Waals surface area contributed by atoms with Crippen molar-refractivity contribution in [3.05, 3.63) is 35.5 Å². The maximum Gasteiger partial charge on any atom is 0.255 e. The van der Waals surface area contributed by atoms with Crippen molar-refractivity contribution in [3.63, 3.8) is 0 Å². The third-order valence-electron chi connectivity index (χ3n) is 4.94. The molecule has 5 heteroatoms. The van der Waals surface area contributed by atoms with Gasteiger partial charge in [-0.3, -0.25) is 4.79 Å². The second-order valence-electron chi connectivity index (χ2n) is 8.90. The van der Waals surface area contributed by atoms with Gasteiger partial charge in [0, 0.05) is 37.4 Å². The Hall–Kier alpha value is -1.85. The summed E-state index contributed by atoms with van der Waals surface area (Å²) in [6.07, 6.45) is 1.37. The van der Waals surface area contributed by atoms with Crippen molar-refractivity contribution in [2.24, 2.45) is 5.41 Å². The predicted molar refractivity (Wildman–Crippen MR) is 105 cm³/mol. The van der Waals surface area contributed by atoms with Gasteiger partial charge in [-0.25, -0.2) is 0 Å². The molecule has 1 amide bonds. The van der Waals surface area contributed by atoms with Crippen molar-refractivity contribution in [2.45, 2.75) is 52.7 Å². The fourth-order valence-corrected chi connectivity index (χ4v) is 3.80. The number of nitrogens with zero attached hydrogens (tertiary/aromatic N) is 1. The molecule has 0 unspecified atom stereocenters. The molecular weight excluding hydrogens is 326 g/mol. The standard InChI is InChI=1S/C21H31N3O2/c1-15-10-17-11-16(6-7-18(17)23-15)12-22-13-21(26)8-5-9-24(19(21)25)14-20(2,3)4/h6-7,10-11,22-23,26H,5,8-9,12-14H2,1-4H3/t21-/m0/s1. The molecule has 5 nitrogen and oxygen atoms in total. The Kier molecular flexibility index (Phi) is 5.13. The summed E-state index contributed by atoms with van der Waals surface area (Å²) in [4.78, 5) is 17.9. The monoisotopic (exact) mass is 357 g/mol. The zero-order valence-electron chi connectivity index (χ0n) is 16.4. The largest absolute Gasteiger partial charge is 0.379 e. The number of benzene rings is 1. The molecule has 0 radical (unpaired) electrons. The van der Waals surface area contributed by atoms with Gasteiger partial charge >= 0.3 is 0 Å². The van der Waals surface area contributed by atoms with Gasteiger partial charge in [0.1, 0.15) is 0 Å². The molecule has 142 valence electrons. The van der Waals surface area contributed by atoms with Crippen molar-refractivity contribution in [2.75, 3.05) is 19.6 Å². The highest BCUT2D eigenvalue weighted by Crippen LogP contribution is 2.26. The summed E-state index contributed by atoms with van der Waals surface area (Å²) in [5.74, 6) is -0.136. The van der Waals surface area contributed by atoms with Gasteiger partial charge in [-0.2, -0.15) is 0 Å². The smallest absolute Gasteiger partial charge is 0.255 e. The number of aliphatic hydroxyl groups is 1. The molecule has 1 saturated heterocycles. The Balaban J connectivity index is 1.60. The quantitative estimate of drug-likeness (QED) is 0.771. The third-order valence-corrected chi connectivity index (χ3v) is 4.94.